The van der Waals surface area contributed by atoms with Gasteiger partial charge < -0.3 is 10.2 Å². The maximum Gasteiger partial charge on any atom is 0.285 e. The van der Waals surface area contributed by atoms with Crippen LogP contribution in [0.5, 0.6) is 0 Å². The average Bonchev–Trinajstić information content (AvgIpc) is 3.28. The number of piperidine rings is 1. The number of carbonyl (C=O) groups excluding carboxylic acids is 1. The van der Waals surface area contributed by atoms with Gasteiger partial charge in [-0.15, -0.1) is 4.40 Å². The highest BCUT2D eigenvalue weighted by molar-refractivity contribution is 7.90. The molecule has 1 aromatic carbocycles. The lowest BCUT2D eigenvalue weighted by Crippen LogP contribution is -2.44. The van der Waals surface area contributed by atoms with Gasteiger partial charge in [-0.3, -0.25) is 4.79 Å². The van der Waals surface area contributed by atoms with Crippen LogP contribution in [0.4, 0.5) is 5.82 Å². The number of benzene rings is 1. The SMILES string of the molecule is CC(C)(C)c1cc(NC(=O)C2CCCN(C3=NS(=O)(=O)c4ccccc43)C2)n(C(C)(C)C)n1. The van der Waals surface area contributed by atoms with Gasteiger partial charge in [0.2, 0.25) is 5.91 Å². The summed E-state index contributed by atoms with van der Waals surface area (Å²) in [6, 6.07) is 8.82. The zero-order valence-corrected chi connectivity index (χ0v) is 21.0. The van der Waals surface area contributed by atoms with Crippen molar-refractivity contribution in [2.75, 3.05) is 18.4 Å². The van der Waals surface area contributed by atoms with E-state index in [1.165, 1.54) is 0 Å². The number of hydrogen-bond acceptors (Lipinski definition) is 5. The predicted octanol–water partition coefficient (Wildman–Crippen LogP) is 3.74. The van der Waals surface area contributed by atoms with E-state index in [1.807, 2.05) is 21.7 Å². The number of nitrogens with one attached hydrogen (secondary N) is 1. The molecule has 2 aliphatic heterocycles. The van der Waals surface area contributed by atoms with Crippen LogP contribution in [0.1, 0.15) is 65.6 Å². The molecular weight excluding hydrogens is 438 g/mol. The molecule has 0 radical (unpaired) electrons. The fourth-order valence-corrected chi connectivity index (χ4v) is 5.50. The number of amides is 1. The first-order valence-corrected chi connectivity index (χ1v) is 12.8. The number of hydrogen-bond donors (Lipinski definition) is 1. The quantitative estimate of drug-likeness (QED) is 0.720. The summed E-state index contributed by atoms with van der Waals surface area (Å²) >= 11 is 0. The van der Waals surface area contributed by atoms with Gasteiger partial charge in [0, 0.05) is 30.1 Å². The van der Waals surface area contributed by atoms with Crippen LogP contribution in [0.3, 0.4) is 0 Å². The van der Waals surface area contributed by atoms with Crippen LogP contribution in [-0.4, -0.2) is 47.9 Å². The third kappa shape index (κ3) is 4.55. The van der Waals surface area contributed by atoms with E-state index in [0.29, 0.717) is 30.3 Å². The molecule has 0 bridgehead atoms. The van der Waals surface area contributed by atoms with Gasteiger partial charge in [-0.05, 0) is 45.7 Å². The maximum atomic E-state index is 13.3. The Balaban J connectivity index is 1.56. The van der Waals surface area contributed by atoms with Crippen LogP contribution in [-0.2, 0) is 25.8 Å². The van der Waals surface area contributed by atoms with Crippen LogP contribution >= 0.6 is 0 Å². The molecule has 0 saturated carbocycles. The number of aromatic nitrogens is 2. The second kappa shape index (κ2) is 7.97. The van der Waals surface area contributed by atoms with Crippen molar-refractivity contribution >= 4 is 27.6 Å². The fourth-order valence-electron chi connectivity index (χ4n) is 4.28. The fraction of sp³-hybridized carbons (Fsp3) is 0.542. The number of anilines is 1. The third-order valence-electron chi connectivity index (χ3n) is 6.07. The minimum atomic E-state index is -3.69. The van der Waals surface area contributed by atoms with Crippen molar-refractivity contribution in [3.05, 3.63) is 41.6 Å². The van der Waals surface area contributed by atoms with Gasteiger partial charge in [-0.1, -0.05) is 32.9 Å². The van der Waals surface area contributed by atoms with Crippen LogP contribution in [0, 0.1) is 5.92 Å². The number of amidine groups is 1. The van der Waals surface area contributed by atoms with Gasteiger partial charge in [0.1, 0.15) is 10.7 Å². The molecule has 2 aliphatic rings. The molecule has 1 unspecified atom stereocenters. The summed E-state index contributed by atoms with van der Waals surface area (Å²) in [6.45, 7) is 13.6. The van der Waals surface area contributed by atoms with Crippen LogP contribution < -0.4 is 5.32 Å². The Kier molecular flexibility index (Phi) is 5.67. The minimum Gasteiger partial charge on any atom is -0.355 e. The molecule has 1 atom stereocenters. The van der Waals surface area contributed by atoms with E-state index in [9.17, 15) is 13.2 Å². The van der Waals surface area contributed by atoms with Gasteiger partial charge in [0.15, 0.2) is 5.84 Å². The topological polar surface area (TPSA) is 96.7 Å². The molecule has 1 amide bonds. The first-order valence-electron chi connectivity index (χ1n) is 11.4. The van der Waals surface area contributed by atoms with Gasteiger partial charge in [0.25, 0.3) is 10.0 Å². The first kappa shape index (κ1) is 23.5. The van der Waals surface area contributed by atoms with E-state index >= 15 is 0 Å². The summed E-state index contributed by atoms with van der Waals surface area (Å²) in [5, 5.41) is 7.88. The van der Waals surface area contributed by atoms with E-state index in [2.05, 4.69) is 51.3 Å². The molecule has 33 heavy (non-hydrogen) atoms. The van der Waals surface area contributed by atoms with Gasteiger partial charge >= 0.3 is 0 Å². The van der Waals surface area contributed by atoms with Crippen molar-refractivity contribution in [1.29, 1.82) is 0 Å². The van der Waals surface area contributed by atoms with Crippen LogP contribution in [0.15, 0.2) is 39.6 Å². The molecule has 0 spiro atoms. The Morgan fingerprint density at radius 2 is 1.82 bits per heavy atom. The molecule has 4 rings (SSSR count). The van der Waals surface area contributed by atoms with Gasteiger partial charge in [0.05, 0.1) is 17.2 Å². The molecule has 8 nitrogen and oxygen atoms in total. The van der Waals surface area contributed by atoms with Crippen LogP contribution in [0.2, 0.25) is 0 Å². The second-order valence-electron chi connectivity index (χ2n) is 10.9. The summed E-state index contributed by atoms with van der Waals surface area (Å²) in [4.78, 5) is 15.5. The van der Waals surface area contributed by atoms with E-state index in [1.54, 1.807) is 18.2 Å². The lowest BCUT2D eigenvalue weighted by atomic mass is 9.92. The van der Waals surface area contributed by atoms with Crippen molar-refractivity contribution in [3.63, 3.8) is 0 Å². The summed E-state index contributed by atoms with van der Waals surface area (Å²) in [5.41, 5.74) is 1.10. The summed E-state index contributed by atoms with van der Waals surface area (Å²) in [6.07, 6.45) is 1.52. The second-order valence-corrected chi connectivity index (χ2v) is 12.5. The summed E-state index contributed by atoms with van der Waals surface area (Å²) in [5.74, 6) is 0.761. The number of carbonyl (C=O) groups is 1. The van der Waals surface area contributed by atoms with Crippen molar-refractivity contribution < 1.29 is 13.2 Å². The smallest absolute Gasteiger partial charge is 0.285 e. The van der Waals surface area contributed by atoms with Crippen molar-refractivity contribution in [1.82, 2.24) is 14.7 Å². The van der Waals surface area contributed by atoms with Crippen LogP contribution in [0.25, 0.3) is 0 Å². The highest BCUT2D eigenvalue weighted by Crippen LogP contribution is 2.31. The number of fused-ring (bicyclic) bond motifs is 1. The van der Waals surface area contributed by atoms with E-state index in [4.69, 9.17) is 5.10 Å². The van der Waals surface area contributed by atoms with Gasteiger partial charge in [-0.25, -0.2) is 4.68 Å². The molecule has 1 aromatic heterocycles. The standard InChI is InChI=1S/C24H33N5O3S/c1-23(2,3)19-14-20(29(26-19)24(4,5)6)25-22(30)16-10-9-13-28(15-16)21-17-11-7-8-12-18(17)33(31,32)27-21/h7-8,11-12,14,16H,9-10,13,15H2,1-6H3,(H,25,30). The van der Waals surface area contributed by atoms with E-state index in [0.717, 1.165) is 18.5 Å². The zero-order valence-electron chi connectivity index (χ0n) is 20.2. The van der Waals surface area contributed by atoms with Crippen molar-refractivity contribution in [3.8, 4) is 0 Å². The maximum absolute atomic E-state index is 13.3. The minimum absolute atomic E-state index is 0.0831. The Bertz CT molecular complexity index is 1220. The first-order chi connectivity index (χ1) is 15.3. The molecule has 0 aliphatic carbocycles. The monoisotopic (exact) mass is 471 g/mol. The summed E-state index contributed by atoms with van der Waals surface area (Å²) < 4.78 is 30.9. The number of rotatable bonds is 2. The normalized spacial score (nSPS) is 20.4. The highest BCUT2D eigenvalue weighted by Gasteiger charge is 2.36. The molecule has 3 heterocycles. The molecule has 1 fully saturated rings. The lowest BCUT2D eigenvalue weighted by molar-refractivity contribution is -0.121. The highest BCUT2D eigenvalue weighted by atomic mass is 32.2. The molecular formula is C24H33N5O3S. The number of sulfonamides is 1. The molecule has 1 N–H and O–H groups in total. The Hall–Kier alpha value is -2.68. The average molecular weight is 472 g/mol. The Morgan fingerprint density at radius 1 is 1.12 bits per heavy atom. The van der Waals surface area contributed by atoms with Crippen molar-refractivity contribution in [2.24, 2.45) is 10.3 Å². The summed E-state index contributed by atoms with van der Waals surface area (Å²) in [7, 11) is -3.69. The molecule has 178 valence electrons. The number of likely N-dealkylation sites (tertiary alicyclic amines) is 1. The Labute approximate surface area is 196 Å². The van der Waals surface area contributed by atoms with E-state index in [-0.39, 0.29) is 27.7 Å². The Morgan fingerprint density at radius 3 is 2.48 bits per heavy atom. The zero-order chi connectivity index (χ0) is 24.2. The van der Waals surface area contributed by atoms with E-state index < -0.39 is 10.0 Å². The lowest BCUT2D eigenvalue weighted by Gasteiger charge is -2.33. The van der Waals surface area contributed by atoms with Gasteiger partial charge in [-0.2, -0.15) is 13.5 Å². The third-order valence-corrected chi connectivity index (χ3v) is 7.39. The molecule has 1 saturated heterocycles. The largest absolute Gasteiger partial charge is 0.355 e. The molecule has 9 heteroatoms. The predicted molar refractivity (Wildman–Crippen MR) is 129 cm³/mol. The molecule has 2 aromatic rings. The van der Waals surface area contributed by atoms with Crippen molar-refractivity contribution in [2.45, 2.75) is 70.2 Å². The number of nitrogens with zero attached hydrogens (tertiary/aromatic N) is 4.